The van der Waals surface area contributed by atoms with Crippen LogP contribution in [0.3, 0.4) is 0 Å². The minimum absolute atomic E-state index is 0.698. The predicted molar refractivity (Wildman–Crippen MR) is 34.7 cm³/mol. The van der Waals surface area contributed by atoms with Gasteiger partial charge in [0.15, 0.2) is 0 Å². The molecular formula is C7H10F4. The van der Waals surface area contributed by atoms with Crippen molar-refractivity contribution >= 4 is 0 Å². The zero-order valence-electron chi connectivity index (χ0n) is 6.59. The Morgan fingerprint density at radius 2 is 1.55 bits per heavy atom. The quantitative estimate of drug-likeness (QED) is 0.529. The normalized spacial score (nSPS) is 15.3. The zero-order valence-corrected chi connectivity index (χ0v) is 6.59. The van der Waals surface area contributed by atoms with E-state index in [-0.39, 0.29) is 0 Å². The first-order chi connectivity index (χ1) is 4.76. The van der Waals surface area contributed by atoms with Gasteiger partial charge in [-0.3, -0.25) is 0 Å². The smallest absolute Gasteiger partial charge is 0.211 e. The molecule has 0 aliphatic heterocycles. The average Bonchev–Trinajstić information content (AvgIpc) is 1.82. The molecule has 0 radical (unpaired) electrons. The van der Waals surface area contributed by atoms with Crippen LogP contribution in [0.5, 0.6) is 0 Å². The van der Waals surface area contributed by atoms with Gasteiger partial charge in [0.25, 0.3) is 0 Å². The number of hydrogen-bond acceptors (Lipinski definition) is 0. The summed E-state index contributed by atoms with van der Waals surface area (Å²) in [6.45, 7) is 3.50. The third-order valence-corrected chi connectivity index (χ3v) is 1.29. The van der Waals surface area contributed by atoms with Gasteiger partial charge in [-0.1, -0.05) is 13.8 Å². The van der Waals surface area contributed by atoms with E-state index in [0.717, 1.165) is 6.92 Å². The van der Waals surface area contributed by atoms with Gasteiger partial charge in [-0.2, -0.15) is 13.2 Å². The molecule has 0 amide bonds. The van der Waals surface area contributed by atoms with Crippen LogP contribution in [0.4, 0.5) is 17.6 Å². The highest BCUT2D eigenvalue weighted by Gasteiger charge is 2.33. The summed E-state index contributed by atoms with van der Waals surface area (Å²) >= 11 is 0. The van der Waals surface area contributed by atoms with Gasteiger partial charge in [-0.05, 0) is 6.92 Å². The van der Waals surface area contributed by atoms with E-state index < -0.39 is 23.5 Å². The highest BCUT2D eigenvalue weighted by Crippen LogP contribution is 2.30. The summed E-state index contributed by atoms with van der Waals surface area (Å²) in [7, 11) is 0. The van der Waals surface area contributed by atoms with E-state index >= 15 is 0 Å². The number of rotatable bonds is 1. The van der Waals surface area contributed by atoms with E-state index in [0.29, 0.717) is 0 Å². The Morgan fingerprint density at radius 1 is 1.18 bits per heavy atom. The molecule has 0 nitrogen and oxygen atoms in total. The van der Waals surface area contributed by atoms with E-state index in [1.165, 1.54) is 13.8 Å². The second kappa shape index (κ2) is 3.24. The van der Waals surface area contributed by atoms with Crippen molar-refractivity contribution < 1.29 is 17.6 Å². The zero-order chi connectivity index (χ0) is 9.23. The van der Waals surface area contributed by atoms with Crippen molar-refractivity contribution in [3.05, 3.63) is 11.4 Å². The molecule has 0 atom stereocenters. The molecule has 0 saturated carbocycles. The minimum Gasteiger partial charge on any atom is -0.211 e. The molecule has 0 N–H and O–H groups in total. The van der Waals surface area contributed by atoms with Crippen molar-refractivity contribution in [1.82, 2.24) is 0 Å². The molecule has 0 fully saturated rings. The molecule has 0 aliphatic rings. The fourth-order valence-electron chi connectivity index (χ4n) is 0.568. The van der Waals surface area contributed by atoms with Crippen molar-refractivity contribution in [3.8, 4) is 0 Å². The third kappa shape index (κ3) is 2.91. The van der Waals surface area contributed by atoms with E-state index in [1.807, 2.05) is 0 Å². The van der Waals surface area contributed by atoms with Crippen molar-refractivity contribution in [2.24, 2.45) is 5.92 Å². The van der Waals surface area contributed by atoms with E-state index in [4.69, 9.17) is 0 Å². The van der Waals surface area contributed by atoms with Crippen LogP contribution in [0.1, 0.15) is 20.8 Å². The van der Waals surface area contributed by atoms with Gasteiger partial charge >= 0.3 is 6.18 Å². The lowest BCUT2D eigenvalue weighted by atomic mass is 10.1. The number of hydrogen-bond donors (Lipinski definition) is 0. The van der Waals surface area contributed by atoms with Crippen LogP contribution in [0.15, 0.2) is 11.4 Å². The highest BCUT2D eigenvalue weighted by atomic mass is 19.4. The van der Waals surface area contributed by atoms with Gasteiger partial charge < -0.3 is 0 Å². The molecule has 0 saturated heterocycles. The first-order valence-electron chi connectivity index (χ1n) is 3.20. The summed E-state index contributed by atoms with van der Waals surface area (Å²) in [4.78, 5) is 0. The topological polar surface area (TPSA) is 0 Å². The lowest BCUT2D eigenvalue weighted by molar-refractivity contribution is -0.0938. The van der Waals surface area contributed by atoms with E-state index in [2.05, 4.69) is 0 Å². The first kappa shape index (κ1) is 10.5. The Balaban J connectivity index is 4.67. The third-order valence-electron chi connectivity index (χ3n) is 1.29. The first-order valence-corrected chi connectivity index (χ1v) is 3.20. The molecule has 0 aliphatic carbocycles. The Hall–Kier alpha value is -0.540. The predicted octanol–water partition coefficient (Wildman–Crippen LogP) is 3.45. The van der Waals surface area contributed by atoms with Crippen molar-refractivity contribution in [3.63, 3.8) is 0 Å². The molecule has 0 spiro atoms. The Bertz CT molecular complexity index is 164. The summed E-state index contributed by atoms with van der Waals surface area (Å²) in [6, 6.07) is 0. The standard InChI is InChI=1S/C7H10F4/c1-4(2)6(8)5(3)7(9,10)11/h4H,1-3H3/b6-5+. The van der Waals surface area contributed by atoms with Crippen LogP contribution in [-0.4, -0.2) is 6.18 Å². The largest absolute Gasteiger partial charge is 0.414 e. The van der Waals surface area contributed by atoms with Crippen molar-refractivity contribution in [1.29, 1.82) is 0 Å². The number of halogens is 4. The summed E-state index contributed by atoms with van der Waals surface area (Å²) in [6.07, 6.45) is -4.53. The number of alkyl halides is 3. The fraction of sp³-hybridized carbons (Fsp3) is 0.714. The van der Waals surface area contributed by atoms with Gasteiger partial charge in [0.2, 0.25) is 0 Å². The molecule has 0 rings (SSSR count). The summed E-state index contributed by atoms with van der Waals surface area (Å²) in [5.74, 6) is -1.78. The van der Waals surface area contributed by atoms with Crippen molar-refractivity contribution in [2.45, 2.75) is 26.9 Å². The maximum atomic E-state index is 12.6. The number of allylic oxidation sites excluding steroid dienone is 2. The van der Waals surface area contributed by atoms with Gasteiger partial charge in [0.05, 0.1) is 5.57 Å². The molecule has 0 bridgehead atoms. The van der Waals surface area contributed by atoms with Crippen LogP contribution in [-0.2, 0) is 0 Å². The highest BCUT2D eigenvalue weighted by molar-refractivity contribution is 5.12. The summed E-state index contributed by atoms with van der Waals surface area (Å²) < 4.78 is 47.9. The maximum Gasteiger partial charge on any atom is 0.414 e. The van der Waals surface area contributed by atoms with E-state index in [1.54, 1.807) is 0 Å². The Morgan fingerprint density at radius 3 is 1.64 bits per heavy atom. The maximum absolute atomic E-state index is 12.6. The van der Waals surface area contributed by atoms with Crippen LogP contribution < -0.4 is 0 Å². The fourth-order valence-corrected chi connectivity index (χ4v) is 0.568. The molecule has 11 heavy (non-hydrogen) atoms. The SMILES string of the molecule is C/C(=C(\F)C(C)C)C(F)(F)F. The Labute approximate surface area is 62.9 Å². The van der Waals surface area contributed by atoms with Crippen LogP contribution >= 0.6 is 0 Å². The summed E-state index contributed by atoms with van der Waals surface area (Å²) in [5, 5.41) is 0. The monoisotopic (exact) mass is 170 g/mol. The lowest BCUT2D eigenvalue weighted by Crippen LogP contribution is -2.12. The van der Waals surface area contributed by atoms with Crippen LogP contribution in [0.2, 0.25) is 0 Å². The van der Waals surface area contributed by atoms with Crippen LogP contribution in [0, 0.1) is 5.92 Å². The van der Waals surface area contributed by atoms with Crippen molar-refractivity contribution in [2.75, 3.05) is 0 Å². The summed E-state index contributed by atoms with van der Waals surface area (Å²) in [5.41, 5.74) is -1.13. The van der Waals surface area contributed by atoms with Gasteiger partial charge in [-0.25, -0.2) is 4.39 Å². The van der Waals surface area contributed by atoms with Crippen LogP contribution in [0.25, 0.3) is 0 Å². The van der Waals surface area contributed by atoms with E-state index in [9.17, 15) is 17.6 Å². The minimum atomic E-state index is -4.53. The molecule has 0 aromatic rings. The average molecular weight is 170 g/mol. The second-order valence-corrected chi connectivity index (χ2v) is 2.63. The van der Waals surface area contributed by atoms with Gasteiger partial charge in [0.1, 0.15) is 5.83 Å². The molecule has 0 aromatic carbocycles. The Kier molecular flexibility index (Phi) is 3.08. The lowest BCUT2D eigenvalue weighted by Gasteiger charge is -2.10. The molecule has 66 valence electrons. The molecule has 4 heteroatoms. The van der Waals surface area contributed by atoms with Gasteiger partial charge in [0, 0.05) is 5.92 Å². The molecule has 0 heterocycles. The molecule has 0 unspecified atom stereocenters. The molecule has 0 aromatic heterocycles. The molecular weight excluding hydrogens is 160 g/mol. The van der Waals surface area contributed by atoms with Gasteiger partial charge in [-0.15, -0.1) is 0 Å². The second-order valence-electron chi connectivity index (χ2n) is 2.63.